The molecule has 0 aliphatic carbocycles. The van der Waals surface area contributed by atoms with Gasteiger partial charge in [0.15, 0.2) is 0 Å². The van der Waals surface area contributed by atoms with Gasteiger partial charge in [0.25, 0.3) is 0 Å². The third-order valence-electron chi connectivity index (χ3n) is 1.42. The van der Waals surface area contributed by atoms with Crippen molar-refractivity contribution in [3.63, 3.8) is 0 Å². The highest BCUT2D eigenvalue weighted by atomic mass is 16.1. The number of carbonyl (C=O) groups is 1. The maximum absolute atomic E-state index is 10.9. The Bertz CT molecular complexity index is 146. The van der Waals surface area contributed by atoms with Crippen LogP contribution in [0.25, 0.3) is 0 Å². The summed E-state index contributed by atoms with van der Waals surface area (Å²) in [4.78, 5) is 10.9. The van der Waals surface area contributed by atoms with Gasteiger partial charge in [0.05, 0.1) is 6.54 Å². The molecular weight excluding hydrogens is 126 g/mol. The first-order chi connectivity index (χ1) is 4.72. The molecule has 1 unspecified atom stereocenters. The Morgan fingerprint density at radius 2 is 2.40 bits per heavy atom. The molecule has 2 nitrogen and oxygen atoms in total. The summed E-state index contributed by atoms with van der Waals surface area (Å²) < 4.78 is 0. The number of hydrogen-bond donors (Lipinski definition) is 1. The van der Waals surface area contributed by atoms with Crippen LogP contribution in [-0.4, -0.2) is 12.5 Å². The summed E-state index contributed by atoms with van der Waals surface area (Å²) >= 11 is 0. The van der Waals surface area contributed by atoms with Crippen LogP contribution in [0.3, 0.4) is 0 Å². The number of carbonyl (C=O) groups excluding carboxylic acids is 1. The smallest absolute Gasteiger partial charge is 0.223 e. The van der Waals surface area contributed by atoms with Crippen molar-refractivity contribution < 1.29 is 4.79 Å². The fraction of sp³-hybridized carbons (Fsp3) is 0.625. The summed E-state index contributed by atoms with van der Waals surface area (Å²) in [7, 11) is 0. The van der Waals surface area contributed by atoms with Crippen LogP contribution in [0.1, 0.15) is 20.3 Å². The van der Waals surface area contributed by atoms with E-state index < -0.39 is 0 Å². The van der Waals surface area contributed by atoms with Crippen LogP contribution in [0.4, 0.5) is 0 Å². The first kappa shape index (κ1) is 9.03. The van der Waals surface area contributed by atoms with Crippen molar-refractivity contribution in [3.8, 4) is 12.3 Å². The van der Waals surface area contributed by atoms with Crippen molar-refractivity contribution in [3.05, 3.63) is 0 Å². The van der Waals surface area contributed by atoms with Crippen LogP contribution >= 0.6 is 0 Å². The zero-order chi connectivity index (χ0) is 7.98. The van der Waals surface area contributed by atoms with Gasteiger partial charge in [-0.2, -0.15) is 0 Å². The molecule has 0 radical (unpaired) electrons. The Labute approximate surface area is 62.0 Å². The van der Waals surface area contributed by atoms with E-state index in [2.05, 4.69) is 11.2 Å². The number of rotatable bonds is 3. The molecule has 1 N–H and O–H groups in total. The van der Waals surface area contributed by atoms with Gasteiger partial charge in [-0.05, 0) is 6.42 Å². The molecule has 0 saturated carbocycles. The molecule has 0 bridgehead atoms. The number of amides is 1. The molecule has 10 heavy (non-hydrogen) atoms. The average molecular weight is 139 g/mol. The fourth-order valence-corrected chi connectivity index (χ4v) is 0.498. The number of terminal acetylenes is 1. The molecular formula is C8H13NO. The van der Waals surface area contributed by atoms with Gasteiger partial charge in [-0.3, -0.25) is 4.79 Å². The largest absolute Gasteiger partial charge is 0.345 e. The van der Waals surface area contributed by atoms with Crippen LogP contribution in [0.2, 0.25) is 0 Å². The second kappa shape index (κ2) is 4.87. The molecule has 2 heteroatoms. The first-order valence-corrected chi connectivity index (χ1v) is 3.43. The first-order valence-electron chi connectivity index (χ1n) is 3.43. The highest BCUT2D eigenvalue weighted by Crippen LogP contribution is 1.98. The Kier molecular flexibility index (Phi) is 4.39. The normalized spacial score (nSPS) is 11.7. The van der Waals surface area contributed by atoms with Gasteiger partial charge < -0.3 is 5.32 Å². The molecule has 0 aromatic rings. The van der Waals surface area contributed by atoms with E-state index in [4.69, 9.17) is 6.42 Å². The van der Waals surface area contributed by atoms with Crippen LogP contribution in [-0.2, 0) is 4.79 Å². The van der Waals surface area contributed by atoms with Crippen molar-refractivity contribution in [2.75, 3.05) is 6.54 Å². The minimum absolute atomic E-state index is 0.0421. The highest BCUT2D eigenvalue weighted by Gasteiger charge is 2.07. The summed E-state index contributed by atoms with van der Waals surface area (Å²) in [6, 6.07) is 0. The van der Waals surface area contributed by atoms with Crippen LogP contribution < -0.4 is 5.32 Å². The molecule has 0 saturated heterocycles. The third-order valence-corrected chi connectivity index (χ3v) is 1.42. The molecule has 0 aliphatic rings. The summed E-state index contributed by atoms with van der Waals surface area (Å²) in [5.41, 5.74) is 0. The van der Waals surface area contributed by atoms with Crippen molar-refractivity contribution >= 4 is 5.91 Å². The Morgan fingerprint density at radius 1 is 1.80 bits per heavy atom. The maximum atomic E-state index is 10.9. The molecule has 0 heterocycles. The van der Waals surface area contributed by atoms with Gasteiger partial charge in [-0.25, -0.2) is 0 Å². The van der Waals surface area contributed by atoms with E-state index >= 15 is 0 Å². The lowest BCUT2D eigenvalue weighted by Gasteiger charge is -2.06. The number of nitrogens with one attached hydrogen (secondary N) is 1. The van der Waals surface area contributed by atoms with Gasteiger partial charge in [-0.1, -0.05) is 19.8 Å². The topological polar surface area (TPSA) is 29.1 Å². The zero-order valence-electron chi connectivity index (χ0n) is 6.48. The molecule has 0 spiro atoms. The summed E-state index contributed by atoms with van der Waals surface area (Å²) in [5.74, 6) is 2.46. The van der Waals surface area contributed by atoms with Gasteiger partial charge in [0.1, 0.15) is 0 Å². The van der Waals surface area contributed by atoms with Crippen LogP contribution in [0, 0.1) is 18.3 Å². The standard InChI is InChI=1S/C8H13NO/c1-4-6-9-8(10)7(3)5-2/h1,7H,5-6H2,2-3H3,(H,9,10). The average Bonchev–Trinajstić information content (AvgIpc) is 1.98. The number of hydrogen-bond acceptors (Lipinski definition) is 1. The quantitative estimate of drug-likeness (QED) is 0.575. The lowest BCUT2D eigenvalue weighted by atomic mass is 10.1. The van der Waals surface area contributed by atoms with Crippen molar-refractivity contribution in [1.82, 2.24) is 5.32 Å². The third kappa shape index (κ3) is 3.13. The lowest BCUT2D eigenvalue weighted by Crippen LogP contribution is -2.28. The molecule has 1 atom stereocenters. The molecule has 56 valence electrons. The maximum Gasteiger partial charge on any atom is 0.223 e. The van der Waals surface area contributed by atoms with E-state index in [1.54, 1.807) is 0 Å². The summed E-state index contributed by atoms with van der Waals surface area (Å²) in [6.07, 6.45) is 5.81. The fourth-order valence-electron chi connectivity index (χ4n) is 0.498. The predicted molar refractivity (Wildman–Crippen MR) is 41.3 cm³/mol. The van der Waals surface area contributed by atoms with E-state index in [1.165, 1.54) is 0 Å². The van der Waals surface area contributed by atoms with E-state index in [-0.39, 0.29) is 11.8 Å². The zero-order valence-corrected chi connectivity index (χ0v) is 6.48. The monoisotopic (exact) mass is 139 g/mol. The molecule has 1 amide bonds. The van der Waals surface area contributed by atoms with E-state index in [0.29, 0.717) is 6.54 Å². The molecule has 0 aromatic carbocycles. The predicted octanol–water partition coefficient (Wildman–Crippen LogP) is 0.782. The van der Waals surface area contributed by atoms with Gasteiger partial charge in [-0.15, -0.1) is 6.42 Å². The molecule has 0 rings (SSSR count). The van der Waals surface area contributed by atoms with Crippen molar-refractivity contribution in [2.45, 2.75) is 20.3 Å². The SMILES string of the molecule is C#CCNC(=O)C(C)CC. The minimum atomic E-state index is 0.0421. The van der Waals surface area contributed by atoms with Crippen molar-refractivity contribution in [1.29, 1.82) is 0 Å². The van der Waals surface area contributed by atoms with E-state index in [9.17, 15) is 4.79 Å². The molecule has 0 aromatic heterocycles. The van der Waals surface area contributed by atoms with Gasteiger partial charge in [0.2, 0.25) is 5.91 Å². The summed E-state index contributed by atoms with van der Waals surface area (Å²) in [6.45, 7) is 4.19. The van der Waals surface area contributed by atoms with E-state index in [1.807, 2.05) is 13.8 Å². The van der Waals surface area contributed by atoms with E-state index in [0.717, 1.165) is 6.42 Å². The second-order valence-corrected chi connectivity index (χ2v) is 2.23. The highest BCUT2D eigenvalue weighted by molar-refractivity contribution is 5.78. The van der Waals surface area contributed by atoms with Crippen LogP contribution in [0.5, 0.6) is 0 Å². The van der Waals surface area contributed by atoms with Crippen molar-refractivity contribution in [2.24, 2.45) is 5.92 Å². The molecule has 0 fully saturated rings. The Hall–Kier alpha value is -0.970. The second-order valence-electron chi connectivity index (χ2n) is 2.23. The van der Waals surface area contributed by atoms with Gasteiger partial charge >= 0.3 is 0 Å². The minimum Gasteiger partial charge on any atom is -0.345 e. The molecule has 0 aliphatic heterocycles. The Morgan fingerprint density at radius 3 is 2.80 bits per heavy atom. The summed E-state index contributed by atoms with van der Waals surface area (Å²) in [5, 5.41) is 2.61. The Balaban J connectivity index is 3.54. The van der Waals surface area contributed by atoms with Gasteiger partial charge in [0, 0.05) is 5.92 Å². The van der Waals surface area contributed by atoms with Crippen LogP contribution in [0.15, 0.2) is 0 Å². The lowest BCUT2D eigenvalue weighted by molar-refractivity contribution is -0.124.